The molecule has 0 saturated carbocycles. The van der Waals surface area contributed by atoms with E-state index in [1.165, 1.54) is 12.1 Å². The first-order chi connectivity index (χ1) is 10.3. The number of carbonyl (C=O) groups is 4. The first kappa shape index (κ1) is 15.6. The summed E-state index contributed by atoms with van der Waals surface area (Å²) in [5.74, 6) is -3.10. The summed E-state index contributed by atoms with van der Waals surface area (Å²) in [5.41, 5.74) is 0.317. The molecule has 1 aromatic carbocycles. The van der Waals surface area contributed by atoms with Crippen LogP contribution in [0.1, 0.15) is 13.8 Å². The van der Waals surface area contributed by atoms with Crippen molar-refractivity contribution in [1.82, 2.24) is 9.80 Å². The van der Waals surface area contributed by atoms with Crippen LogP contribution < -0.4 is 5.32 Å². The number of urea groups is 1. The lowest BCUT2D eigenvalue weighted by Gasteiger charge is -2.18. The van der Waals surface area contributed by atoms with Gasteiger partial charge >= 0.3 is 17.8 Å². The molecule has 0 atom stereocenters. The second-order valence-electron chi connectivity index (χ2n) is 5.00. The zero-order valence-corrected chi connectivity index (χ0v) is 12.0. The van der Waals surface area contributed by atoms with E-state index in [2.05, 4.69) is 5.32 Å². The lowest BCUT2D eigenvalue weighted by Crippen LogP contribution is -2.40. The molecular weight excluding hydrogens is 293 g/mol. The van der Waals surface area contributed by atoms with E-state index in [1.807, 2.05) is 0 Å². The smallest absolute Gasteiger partial charge is 0.325 e. The van der Waals surface area contributed by atoms with Crippen molar-refractivity contribution in [2.75, 3.05) is 11.9 Å². The van der Waals surface area contributed by atoms with Gasteiger partial charge in [-0.3, -0.25) is 19.3 Å². The minimum absolute atomic E-state index is 0.317. The molecule has 1 saturated heterocycles. The van der Waals surface area contributed by atoms with Gasteiger partial charge in [0.2, 0.25) is 5.91 Å². The molecule has 0 spiro atoms. The predicted molar refractivity (Wildman–Crippen MR) is 74.1 cm³/mol. The summed E-state index contributed by atoms with van der Waals surface area (Å²) in [7, 11) is 0. The summed E-state index contributed by atoms with van der Waals surface area (Å²) >= 11 is 0. The highest BCUT2D eigenvalue weighted by atomic mass is 19.1. The minimum atomic E-state index is -1.03. The predicted octanol–water partition coefficient (Wildman–Crippen LogP) is 0.963. The lowest BCUT2D eigenvalue weighted by molar-refractivity contribution is -0.144. The van der Waals surface area contributed by atoms with E-state index in [0.29, 0.717) is 10.6 Å². The Morgan fingerprint density at radius 2 is 1.73 bits per heavy atom. The number of anilines is 1. The maximum absolute atomic E-state index is 12.8. The van der Waals surface area contributed by atoms with Crippen LogP contribution in [0.4, 0.5) is 14.9 Å². The SMILES string of the molecule is CC(C)N1C(=O)C(=O)N(CC(=O)Nc2ccc(F)cc2)C1=O. The molecule has 0 radical (unpaired) electrons. The number of halogens is 1. The third-order valence-corrected chi connectivity index (χ3v) is 3.03. The Morgan fingerprint density at radius 1 is 1.14 bits per heavy atom. The van der Waals surface area contributed by atoms with E-state index in [9.17, 15) is 23.6 Å². The normalized spacial score (nSPS) is 15.0. The summed E-state index contributed by atoms with van der Waals surface area (Å²) in [6, 6.07) is 3.70. The van der Waals surface area contributed by atoms with Gasteiger partial charge in [0, 0.05) is 11.7 Å². The summed E-state index contributed by atoms with van der Waals surface area (Å²) in [4.78, 5) is 48.6. The van der Waals surface area contributed by atoms with Crippen molar-refractivity contribution in [1.29, 1.82) is 0 Å². The van der Waals surface area contributed by atoms with E-state index in [4.69, 9.17) is 0 Å². The quantitative estimate of drug-likeness (QED) is 0.663. The molecule has 1 fully saturated rings. The van der Waals surface area contributed by atoms with Gasteiger partial charge in [-0.25, -0.2) is 14.1 Å². The number of imide groups is 2. The Balaban J connectivity index is 2.05. The highest BCUT2D eigenvalue weighted by Gasteiger charge is 2.46. The highest BCUT2D eigenvalue weighted by molar-refractivity contribution is 6.45. The second kappa shape index (κ2) is 5.92. The molecule has 1 aliphatic rings. The van der Waals surface area contributed by atoms with Crippen LogP contribution in [0.5, 0.6) is 0 Å². The van der Waals surface area contributed by atoms with Crippen LogP contribution in [0.2, 0.25) is 0 Å². The lowest BCUT2D eigenvalue weighted by atomic mass is 10.3. The zero-order valence-electron chi connectivity index (χ0n) is 12.0. The van der Waals surface area contributed by atoms with Crippen LogP contribution in [0, 0.1) is 5.82 Å². The fraction of sp³-hybridized carbons (Fsp3) is 0.286. The average molecular weight is 307 g/mol. The van der Waals surface area contributed by atoms with Crippen molar-refractivity contribution in [3.63, 3.8) is 0 Å². The van der Waals surface area contributed by atoms with Crippen molar-refractivity contribution < 1.29 is 23.6 Å². The van der Waals surface area contributed by atoms with E-state index >= 15 is 0 Å². The molecule has 116 valence electrons. The number of hydrogen-bond donors (Lipinski definition) is 1. The van der Waals surface area contributed by atoms with Gasteiger partial charge in [0.05, 0.1) is 0 Å². The fourth-order valence-corrected chi connectivity index (χ4v) is 1.99. The molecule has 1 aliphatic heterocycles. The van der Waals surface area contributed by atoms with Gasteiger partial charge in [-0.1, -0.05) is 0 Å². The summed E-state index contributed by atoms with van der Waals surface area (Å²) in [5, 5.41) is 2.41. The maximum Gasteiger partial charge on any atom is 0.334 e. The largest absolute Gasteiger partial charge is 0.334 e. The molecule has 1 aromatic rings. The Bertz CT molecular complexity index is 642. The van der Waals surface area contributed by atoms with Gasteiger partial charge in [-0.05, 0) is 38.1 Å². The molecule has 8 heteroatoms. The molecule has 1 heterocycles. The zero-order chi connectivity index (χ0) is 16.4. The van der Waals surface area contributed by atoms with Gasteiger partial charge in [0.1, 0.15) is 12.4 Å². The molecule has 1 N–H and O–H groups in total. The number of nitrogens with zero attached hydrogens (tertiary/aromatic N) is 2. The molecule has 0 unspecified atom stereocenters. The Labute approximate surface area is 125 Å². The number of nitrogens with one attached hydrogen (secondary N) is 1. The first-order valence-corrected chi connectivity index (χ1v) is 6.55. The van der Waals surface area contributed by atoms with E-state index < -0.39 is 42.2 Å². The number of rotatable bonds is 4. The minimum Gasteiger partial charge on any atom is -0.325 e. The van der Waals surface area contributed by atoms with Crippen LogP contribution in [0.15, 0.2) is 24.3 Å². The molecule has 5 amide bonds. The summed E-state index contributed by atoms with van der Waals surface area (Å²) in [6.07, 6.45) is 0. The van der Waals surface area contributed by atoms with Crippen LogP contribution in [0.3, 0.4) is 0 Å². The molecule has 7 nitrogen and oxygen atoms in total. The fourth-order valence-electron chi connectivity index (χ4n) is 1.99. The van der Waals surface area contributed by atoms with Crippen LogP contribution in [-0.2, 0) is 14.4 Å². The molecule has 22 heavy (non-hydrogen) atoms. The second-order valence-corrected chi connectivity index (χ2v) is 5.00. The van der Waals surface area contributed by atoms with Gasteiger partial charge in [-0.15, -0.1) is 0 Å². The summed E-state index contributed by atoms with van der Waals surface area (Å²) < 4.78 is 12.8. The number of hydrogen-bond acceptors (Lipinski definition) is 4. The molecule has 0 bridgehead atoms. The number of amides is 5. The third-order valence-electron chi connectivity index (χ3n) is 3.03. The summed E-state index contributed by atoms with van der Waals surface area (Å²) in [6.45, 7) is 2.60. The standard InChI is InChI=1S/C14H14FN3O4/c1-8(2)18-13(21)12(20)17(14(18)22)7-11(19)16-10-5-3-9(15)4-6-10/h3-6,8H,7H2,1-2H3,(H,16,19). The monoisotopic (exact) mass is 307 g/mol. The van der Waals surface area contributed by atoms with E-state index in [0.717, 1.165) is 17.0 Å². The number of carbonyl (C=O) groups excluding carboxylic acids is 4. The van der Waals surface area contributed by atoms with Crippen molar-refractivity contribution >= 4 is 29.4 Å². The van der Waals surface area contributed by atoms with Gasteiger partial charge < -0.3 is 5.32 Å². The van der Waals surface area contributed by atoms with Crippen molar-refractivity contribution in [2.45, 2.75) is 19.9 Å². The highest BCUT2D eigenvalue weighted by Crippen LogP contribution is 2.15. The third kappa shape index (κ3) is 2.95. The maximum atomic E-state index is 12.8. The Kier molecular flexibility index (Phi) is 4.20. The first-order valence-electron chi connectivity index (χ1n) is 6.55. The molecule has 0 aromatic heterocycles. The van der Waals surface area contributed by atoms with Crippen molar-refractivity contribution in [3.8, 4) is 0 Å². The van der Waals surface area contributed by atoms with Gasteiger partial charge in [-0.2, -0.15) is 0 Å². The van der Waals surface area contributed by atoms with Crippen molar-refractivity contribution in [3.05, 3.63) is 30.1 Å². The molecule has 2 rings (SSSR count). The van der Waals surface area contributed by atoms with Gasteiger partial charge in [0.15, 0.2) is 0 Å². The van der Waals surface area contributed by atoms with Crippen LogP contribution in [0.25, 0.3) is 0 Å². The van der Waals surface area contributed by atoms with Crippen LogP contribution in [-0.4, -0.2) is 46.1 Å². The Hall–Kier alpha value is -2.77. The van der Waals surface area contributed by atoms with Crippen molar-refractivity contribution in [2.24, 2.45) is 0 Å². The number of benzene rings is 1. The van der Waals surface area contributed by atoms with E-state index in [-0.39, 0.29) is 0 Å². The van der Waals surface area contributed by atoms with Gasteiger partial charge in [0.25, 0.3) is 0 Å². The Morgan fingerprint density at radius 3 is 2.23 bits per heavy atom. The van der Waals surface area contributed by atoms with E-state index in [1.54, 1.807) is 13.8 Å². The average Bonchev–Trinajstić information content (AvgIpc) is 2.65. The topological polar surface area (TPSA) is 86.8 Å². The molecular formula is C14H14FN3O4. The molecule has 0 aliphatic carbocycles. The van der Waals surface area contributed by atoms with Crippen LogP contribution >= 0.6 is 0 Å².